The van der Waals surface area contributed by atoms with E-state index in [4.69, 9.17) is 0 Å². The maximum atomic E-state index is 3.56. The van der Waals surface area contributed by atoms with Gasteiger partial charge in [-0.2, -0.15) is 0 Å². The van der Waals surface area contributed by atoms with E-state index >= 15 is 0 Å². The molecule has 80 valence electrons. The molecule has 2 atom stereocenters. The minimum atomic E-state index is 0.744. The first-order valence-corrected chi connectivity index (χ1v) is 6.35. The van der Waals surface area contributed by atoms with Crippen molar-refractivity contribution < 1.29 is 0 Å². The van der Waals surface area contributed by atoms with Gasteiger partial charge in [-0.25, -0.2) is 0 Å². The van der Waals surface area contributed by atoms with Gasteiger partial charge in [-0.1, -0.05) is 0 Å². The Morgan fingerprint density at radius 1 is 0.929 bits per heavy atom. The molecule has 0 aromatic heterocycles. The average molecular weight is 194 g/mol. The minimum absolute atomic E-state index is 0.744. The largest absolute Gasteiger partial charge is 0.314 e. The van der Waals surface area contributed by atoms with Gasteiger partial charge in [0.15, 0.2) is 0 Å². The van der Waals surface area contributed by atoms with Gasteiger partial charge < -0.3 is 5.32 Å². The van der Waals surface area contributed by atoms with E-state index < -0.39 is 0 Å². The van der Waals surface area contributed by atoms with Crippen LogP contribution in [-0.2, 0) is 0 Å². The zero-order chi connectivity index (χ0) is 9.54. The Balaban J connectivity index is 1.69. The van der Waals surface area contributed by atoms with Crippen LogP contribution in [0.25, 0.3) is 0 Å². The Morgan fingerprint density at radius 3 is 2.14 bits per heavy atom. The quantitative estimate of drug-likeness (QED) is 0.684. The first-order chi connectivity index (χ1) is 6.84. The van der Waals surface area contributed by atoms with Crippen molar-refractivity contribution in [2.75, 3.05) is 6.54 Å². The van der Waals surface area contributed by atoms with E-state index in [1.807, 2.05) is 0 Å². The second kappa shape index (κ2) is 3.49. The molecule has 3 fully saturated rings. The summed E-state index contributed by atoms with van der Waals surface area (Å²) in [6, 6.07) is 3.59. The number of fused-ring (bicyclic) bond motifs is 2. The molecule has 1 N–H and O–H groups in total. The highest BCUT2D eigenvalue weighted by Gasteiger charge is 2.43. The van der Waals surface area contributed by atoms with Crippen LogP contribution < -0.4 is 5.32 Å². The van der Waals surface area contributed by atoms with Crippen LogP contribution in [0, 0.1) is 0 Å². The predicted octanol–water partition coefficient (Wildman–Crippen LogP) is 1.75. The van der Waals surface area contributed by atoms with Crippen LogP contribution in [-0.4, -0.2) is 35.6 Å². The summed E-state index contributed by atoms with van der Waals surface area (Å²) in [7, 11) is 0. The summed E-state index contributed by atoms with van der Waals surface area (Å²) in [5, 5.41) is 3.56. The summed E-state index contributed by atoms with van der Waals surface area (Å²) in [5.41, 5.74) is 0. The normalized spacial score (nSPS) is 48.6. The lowest BCUT2D eigenvalue weighted by Crippen LogP contribution is -2.48. The minimum Gasteiger partial charge on any atom is -0.314 e. The molecule has 2 bridgehead atoms. The smallest absolute Gasteiger partial charge is 0.0128 e. The van der Waals surface area contributed by atoms with Crippen molar-refractivity contribution in [3.63, 3.8) is 0 Å². The van der Waals surface area contributed by atoms with Crippen LogP contribution in [0.1, 0.15) is 45.4 Å². The number of rotatable bonds is 1. The maximum Gasteiger partial charge on any atom is 0.0128 e. The molecule has 3 heterocycles. The number of hydrogen-bond acceptors (Lipinski definition) is 2. The summed E-state index contributed by atoms with van der Waals surface area (Å²) in [5.74, 6) is 0. The van der Waals surface area contributed by atoms with E-state index in [-0.39, 0.29) is 0 Å². The van der Waals surface area contributed by atoms with Crippen LogP contribution in [0.4, 0.5) is 0 Å². The molecule has 3 aliphatic rings. The molecule has 0 radical (unpaired) electrons. The van der Waals surface area contributed by atoms with Crippen LogP contribution in [0.5, 0.6) is 0 Å². The highest BCUT2D eigenvalue weighted by Crippen LogP contribution is 2.40. The number of hydrogen-bond donors (Lipinski definition) is 1. The third-order valence-electron chi connectivity index (χ3n) is 4.53. The first-order valence-electron chi connectivity index (χ1n) is 6.35. The van der Waals surface area contributed by atoms with Crippen LogP contribution >= 0.6 is 0 Å². The molecule has 3 aliphatic heterocycles. The van der Waals surface area contributed by atoms with Gasteiger partial charge in [0.2, 0.25) is 0 Å². The molecule has 0 saturated carbocycles. The summed E-state index contributed by atoms with van der Waals surface area (Å²) in [6.07, 6.45) is 8.72. The molecule has 2 unspecified atom stereocenters. The van der Waals surface area contributed by atoms with Gasteiger partial charge in [-0.15, -0.1) is 0 Å². The summed E-state index contributed by atoms with van der Waals surface area (Å²) < 4.78 is 0. The third kappa shape index (κ3) is 1.40. The highest BCUT2D eigenvalue weighted by atomic mass is 15.3. The Kier molecular flexibility index (Phi) is 2.29. The van der Waals surface area contributed by atoms with E-state index in [2.05, 4.69) is 17.1 Å². The van der Waals surface area contributed by atoms with Crippen molar-refractivity contribution in [2.24, 2.45) is 0 Å². The van der Waals surface area contributed by atoms with Gasteiger partial charge in [0.25, 0.3) is 0 Å². The van der Waals surface area contributed by atoms with E-state index in [1.165, 1.54) is 45.1 Å². The Bertz CT molecular complexity index is 196. The zero-order valence-corrected chi connectivity index (χ0v) is 9.21. The molecule has 3 rings (SSSR count). The van der Waals surface area contributed by atoms with Gasteiger partial charge in [0, 0.05) is 24.2 Å². The van der Waals surface area contributed by atoms with Gasteiger partial charge in [0.1, 0.15) is 0 Å². The van der Waals surface area contributed by atoms with Crippen molar-refractivity contribution in [2.45, 2.75) is 69.6 Å². The van der Waals surface area contributed by atoms with Crippen LogP contribution in [0.2, 0.25) is 0 Å². The van der Waals surface area contributed by atoms with Gasteiger partial charge in [-0.3, -0.25) is 4.90 Å². The Hall–Kier alpha value is -0.0800. The fourth-order valence-electron chi connectivity index (χ4n) is 3.93. The average Bonchev–Trinajstić information content (AvgIpc) is 2.76. The zero-order valence-electron chi connectivity index (χ0n) is 9.21. The monoisotopic (exact) mass is 194 g/mol. The summed E-state index contributed by atoms with van der Waals surface area (Å²) >= 11 is 0. The van der Waals surface area contributed by atoms with E-state index in [0.717, 1.165) is 24.2 Å². The molecule has 0 aromatic carbocycles. The lowest BCUT2D eigenvalue weighted by molar-refractivity contribution is 0.130. The molecule has 0 spiro atoms. The molecular weight excluding hydrogens is 172 g/mol. The molecule has 14 heavy (non-hydrogen) atoms. The van der Waals surface area contributed by atoms with Crippen molar-refractivity contribution in [1.29, 1.82) is 0 Å². The third-order valence-corrected chi connectivity index (χ3v) is 4.53. The number of nitrogens with zero attached hydrogens (tertiary/aromatic N) is 1. The molecule has 0 aromatic rings. The van der Waals surface area contributed by atoms with E-state index in [0.29, 0.717) is 0 Å². The lowest BCUT2D eigenvalue weighted by Gasteiger charge is -2.37. The fraction of sp³-hybridized carbons (Fsp3) is 1.00. The van der Waals surface area contributed by atoms with Crippen molar-refractivity contribution in [1.82, 2.24) is 10.2 Å². The predicted molar refractivity (Wildman–Crippen MR) is 58.4 cm³/mol. The second-order valence-electron chi connectivity index (χ2n) is 5.44. The molecule has 2 nitrogen and oxygen atoms in total. The highest BCUT2D eigenvalue weighted by molar-refractivity contribution is 4.99. The maximum absolute atomic E-state index is 3.56. The van der Waals surface area contributed by atoms with Gasteiger partial charge >= 0.3 is 0 Å². The van der Waals surface area contributed by atoms with Crippen LogP contribution in [0.3, 0.4) is 0 Å². The van der Waals surface area contributed by atoms with Gasteiger partial charge in [-0.05, 0) is 52.0 Å². The molecule has 3 saturated heterocycles. The van der Waals surface area contributed by atoms with Gasteiger partial charge in [0.05, 0.1) is 0 Å². The fourth-order valence-corrected chi connectivity index (χ4v) is 3.93. The van der Waals surface area contributed by atoms with Crippen molar-refractivity contribution in [3.05, 3.63) is 0 Å². The SMILES string of the molecule is CC1CC(N2C3CCC2CC3)CCN1. The van der Waals surface area contributed by atoms with Crippen molar-refractivity contribution >= 4 is 0 Å². The Morgan fingerprint density at radius 2 is 1.57 bits per heavy atom. The number of piperidine rings is 1. The van der Waals surface area contributed by atoms with Crippen molar-refractivity contribution in [3.8, 4) is 0 Å². The first kappa shape index (κ1) is 9.17. The number of nitrogens with one attached hydrogen (secondary N) is 1. The van der Waals surface area contributed by atoms with Crippen LogP contribution in [0.15, 0.2) is 0 Å². The second-order valence-corrected chi connectivity index (χ2v) is 5.44. The molecule has 0 aliphatic carbocycles. The molecule has 0 amide bonds. The molecular formula is C12H22N2. The lowest BCUT2D eigenvalue weighted by atomic mass is 9.98. The van der Waals surface area contributed by atoms with E-state index in [1.54, 1.807) is 0 Å². The summed E-state index contributed by atoms with van der Waals surface area (Å²) in [6.45, 7) is 3.58. The standard InChI is InChI=1S/C12H22N2/c1-9-8-12(6-7-13-9)14-10-2-3-11(14)5-4-10/h9-13H,2-8H2,1H3. The summed E-state index contributed by atoms with van der Waals surface area (Å²) in [4.78, 5) is 2.89. The Labute approximate surface area is 87.0 Å². The molecule has 2 heteroatoms. The topological polar surface area (TPSA) is 15.3 Å². The van der Waals surface area contributed by atoms with E-state index in [9.17, 15) is 0 Å².